The van der Waals surface area contributed by atoms with Gasteiger partial charge < -0.3 is 10.2 Å². The van der Waals surface area contributed by atoms with E-state index < -0.39 is 0 Å². The molecule has 1 aromatic rings. The Morgan fingerprint density at radius 2 is 1.75 bits per heavy atom. The van der Waals surface area contributed by atoms with E-state index in [9.17, 15) is 0 Å². The van der Waals surface area contributed by atoms with E-state index in [0.717, 1.165) is 12.2 Å². The molecular formula is C10H15N2-. The molecule has 0 fully saturated rings. The number of nitrogens with zero attached hydrogens (tertiary/aromatic N) is 2. The van der Waals surface area contributed by atoms with Gasteiger partial charge in [-0.1, -0.05) is 24.3 Å². The Balaban J connectivity index is 2.65. The predicted molar refractivity (Wildman–Crippen MR) is 52.8 cm³/mol. The normalized spacial score (nSPS) is 10.3. The molecule has 2 heteroatoms. The smallest absolute Gasteiger partial charge is 0.0227 e. The van der Waals surface area contributed by atoms with Crippen molar-refractivity contribution in [3.8, 4) is 0 Å². The molecule has 0 aliphatic rings. The summed E-state index contributed by atoms with van der Waals surface area (Å²) in [5.74, 6) is 0. The van der Waals surface area contributed by atoms with Crippen molar-refractivity contribution in [3.63, 3.8) is 0 Å². The van der Waals surface area contributed by atoms with Crippen LogP contribution in [0.1, 0.15) is 5.56 Å². The highest BCUT2D eigenvalue weighted by molar-refractivity contribution is 5.48. The van der Waals surface area contributed by atoms with E-state index in [4.69, 9.17) is 0 Å². The maximum atomic E-state index is 4.08. The molecule has 12 heavy (non-hydrogen) atoms. The molecule has 1 aromatic carbocycles. The van der Waals surface area contributed by atoms with Crippen LogP contribution in [0.2, 0.25) is 0 Å². The third kappa shape index (κ3) is 2.55. The molecule has 0 spiro atoms. The maximum Gasteiger partial charge on any atom is 0.0227 e. The van der Waals surface area contributed by atoms with E-state index in [0.29, 0.717) is 0 Å². The van der Waals surface area contributed by atoms with Gasteiger partial charge in [0, 0.05) is 6.54 Å². The minimum absolute atomic E-state index is 0.990. The summed E-state index contributed by atoms with van der Waals surface area (Å²) in [5, 5.41) is 4.08. The van der Waals surface area contributed by atoms with Gasteiger partial charge in [0.1, 0.15) is 0 Å². The molecule has 0 saturated heterocycles. The highest BCUT2D eigenvalue weighted by atomic mass is 15.0. The zero-order valence-electron chi connectivity index (χ0n) is 7.91. The van der Waals surface area contributed by atoms with Crippen LogP contribution in [0.3, 0.4) is 0 Å². The third-order valence-corrected chi connectivity index (χ3v) is 1.69. The first-order valence-corrected chi connectivity index (χ1v) is 4.06. The van der Waals surface area contributed by atoms with Crippen LogP contribution < -0.4 is 0 Å². The Morgan fingerprint density at radius 3 is 2.17 bits per heavy atom. The third-order valence-electron chi connectivity index (χ3n) is 1.69. The molecule has 0 aliphatic carbocycles. The highest BCUT2D eigenvalue weighted by Crippen LogP contribution is 2.16. The van der Waals surface area contributed by atoms with Crippen molar-refractivity contribution in [1.29, 1.82) is 0 Å². The van der Waals surface area contributed by atoms with Gasteiger partial charge in [-0.25, -0.2) is 0 Å². The van der Waals surface area contributed by atoms with Gasteiger partial charge in [0.05, 0.1) is 0 Å². The average Bonchev–Trinajstić information content (AvgIpc) is 2.05. The Morgan fingerprint density at radius 1 is 1.17 bits per heavy atom. The molecule has 2 nitrogen and oxygen atoms in total. The zero-order chi connectivity index (χ0) is 8.97. The van der Waals surface area contributed by atoms with E-state index >= 15 is 0 Å². The molecule has 0 N–H and O–H groups in total. The lowest BCUT2D eigenvalue weighted by molar-refractivity contribution is 0.402. The standard InChI is InChI=1S/C10H15N2/c1-11-10-6-4-9(5-7-10)8-12(2)3/h4-7H,8H2,1-3H3/q-1. The number of hydrogen-bond acceptors (Lipinski definition) is 1. The first-order chi connectivity index (χ1) is 5.72. The van der Waals surface area contributed by atoms with E-state index in [1.54, 1.807) is 7.05 Å². The minimum atomic E-state index is 0.990. The summed E-state index contributed by atoms with van der Waals surface area (Å²) in [6.45, 7) is 0.990. The number of rotatable bonds is 3. The van der Waals surface area contributed by atoms with Crippen molar-refractivity contribution < 1.29 is 0 Å². The van der Waals surface area contributed by atoms with Crippen molar-refractivity contribution in [1.82, 2.24) is 4.90 Å². The summed E-state index contributed by atoms with van der Waals surface area (Å²) in [5.41, 5.74) is 2.37. The second-order valence-electron chi connectivity index (χ2n) is 3.13. The lowest BCUT2D eigenvalue weighted by Gasteiger charge is -2.15. The van der Waals surface area contributed by atoms with Gasteiger partial charge in [-0.2, -0.15) is 0 Å². The molecule has 0 aromatic heterocycles. The van der Waals surface area contributed by atoms with Crippen LogP contribution >= 0.6 is 0 Å². The molecule has 1 rings (SSSR count). The van der Waals surface area contributed by atoms with Crippen LogP contribution in [0.25, 0.3) is 5.32 Å². The fourth-order valence-electron chi connectivity index (χ4n) is 1.12. The Kier molecular flexibility index (Phi) is 3.11. The van der Waals surface area contributed by atoms with Crippen molar-refractivity contribution in [2.24, 2.45) is 0 Å². The van der Waals surface area contributed by atoms with Crippen molar-refractivity contribution in [2.45, 2.75) is 6.54 Å². The molecule has 0 saturated carbocycles. The second-order valence-corrected chi connectivity index (χ2v) is 3.13. The van der Waals surface area contributed by atoms with Crippen molar-refractivity contribution >= 4 is 5.69 Å². The summed E-state index contributed by atoms with van der Waals surface area (Å²) in [7, 11) is 5.94. The fraction of sp³-hybridized carbons (Fsp3) is 0.400. The Bertz CT molecular complexity index is 226. The molecule has 0 aliphatic heterocycles. The van der Waals surface area contributed by atoms with Gasteiger partial charge in [-0.15, -0.1) is 12.7 Å². The van der Waals surface area contributed by atoms with E-state index in [2.05, 4.69) is 36.4 Å². The largest absolute Gasteiger partial charge is 0.687 e. The monoisotopic (exact) mass is 163 g/mol. The molecule has 0 radical (unpaired) electrons. The van der Waals surface area contributed by atoms with E-state index in [1.165, 1.54) is 5.56 Å². The van der Waals surface area contributed by atoms with E-state index in [-0.39, 0.29) is 0 Å². The molecule has 66 valence electrons. The first kappa shape index (κ1) is 9.07. The lowest BCUT2D eigenvalue weighted by Crippen LogP contribution is -2.10. The highest BCUT2D eigenvalue weighted by Gasteiger charge is 1.91. The molecule has 0 heterocycles. The fourth-order valence-corrected chi connectivity index (χ4v) is 1.12. The van der Waals surface area contributed by atoms with Gasteiger partial charge in [-0.05, 0) is 19.7 Å². The first-order valence-electron chi connectivity index (χ1n) is 4.06. The van der Waals surface area contributed by atoms with Crippen LogP contribution in [0, 0.1) is 0 Å². The summed E-state index contributed by atoms with van der Waals surface area (Å²) >= 11 is 0. The summed E-state index contributed by atoms with van der Waals surface area (Å²) in [4.78, 5) is 2.15. The molecule has 0 atom stereocenters. The van der Waals surface area contributed by atoms with Crippen LogP contribution in [0.4, 0.5) is 5.69 Å². The van der Waals surface area contributed by atoms with Crippen LogP contribution in [0.5, 0.6) is 0 Å². The van der Waals surface area contributed by atoms with Gasteiger partial charge in [0.25, 0.3) is 0 Å². The average molecular weight is 163 g/mol. The molecular weight excluding hydrogens is 148 g/mol. The number of benzene rings is 1. The van der Waals surface area contributed by atoms with Gasteiger partial charge in [0.2, 0.25) is 0 Å². The topological polar surface area (TPSA) is 17.3 Å². The quantitative estimate of drug-likeness (QED) is 0.668. The molecule has 0 amide bonds. The SMILES string of the molecule is C[N-]c1ccc(CN(C)C)cc1. The van der Waals surface area contributed by atoms with E-state index in [1.807, 2.05) is 12.1 Å². The van der Waals surface area contributed by atoms with Gasteiger partial charge >= 0.3 is 0 Å². The predicted octanol–water partition coefficient (Wildman–Crippen LogP) is 2.38. The molecule has 0 bridgehead atoms. The van der Waals surface area contributed by atoms with Gasteiger partial charge in [-0.3, -0.25) is 0 Å². The maximum absolute atomic E-state index is 4.08. The van der Waals surface area contributed by atoms with Crippen LogP contribution in [0.15, 0.2) is 24.3 Å². The van der Waals surface area contributed by atoms with Crippen LogP contribution in [-0.4, -0.2) is 26.0 Å². The van der Waals surface area contributed by atoms with Crippen molar-refractivity contribution in [2.75, 3.05) is 21.1 Å². The van der Waals surface area contributed by atoms with Gasteiger partial charge in [0.15, 0.2) is 0 Å². The van der Waals surface area contributed by atoms with Crippen molar-refractivity contribution in [3.05, 3.63) is 35.1 Å². The molecule has 0 unspecified atom stereocenters. The Hall–Kier alpha value is -1.02. The second kappa shape index (κ2) is 4.12. The summed E-state index contributed by atoms with van der Waals surface area (Å²) in [6, 6.07) is 8.31. The summed E-state index contributed by atoms with van der Waals surface area (Å²) < 4.78 is 0. The Labute approximate surface area is 74.2 Å². The minimum Gasteiger partial charge on any atom is -0.687 e. The number of hydrogen-bond donors (Lipinski definition) is 0. The zero-order valence-corrected chi connectivity index (χ0v) is 7.91. The summed E-state index contributed by atoms with van der Waals surface area (Å²) in [6.07, 6.45) is 0. The van der Waals surface area contributed by atoms with Crippen LogP contribution in [-0.2, 0) is 6.54 Å². The lowest BCUT2D eigenvalue weighted by atomic mass is 10.2.